The van der Waals surface area contributed by atoms with Crippen LogP contribution in [0.3, 0.4) is 0 Å². The first-order valence-corrected chi connectivity index (χ1v) is 8.40. The number of fused-ring (bicyclic) bond motifs is 3. The molecule has 0 amide bonds. The van der Waals surface area contributed by atoms with E-state index in [0.717, 1.165) is 25.0 Å². The van der Waals surface area contributed by atoms with Crippen LogP contribution in [0.1, 0.15) is 42.7 Å². The summed E-state index contributed by atoms with van der Waals surface area (Å²) in [4.78, 5) is 1.28. The fourth-order valence-electron chi connectivity index (χ4n) is 3.14. The summed E-state index contributed by atoms with van der Waals surface area (Å²) >= 11 is 1.76. The van der Waals surface area contributed by atoms with Crippen molar-refractivity contribution in [3.8, 4) is 5.75 Å². The molecule has 21 heavy (non-hydrogen) atoms. The zero-order valence-electron chi connectivity index (χ0n) is 12.0. The van der Waals surface area contributed by atoms with E-state index in [-0.39, 0.29) is 6.23 Å². The van der Waals surface area contributed by atoms with E-state index in [1.165, 1.54) is 16.2 Å². The summed E-state index contributed by atoms with van der Waals surface area (Å²) in [6.45, 7) is 2.19. The summed E-state index contributed by atoms with van der Waals surface area (Å²) in [6, 6.07) is 13.0. The third-order valence-corrected chi connectivity index (χ3v) is 5.04. The maximum Gasteiger partial charge on any atom is 0.187 e. The highest BCUT2D eigenvalue weighted by atomic mass is 32.1. The number of hydrogen-bond acceptors (Lipinski definition) is 4. The van der Waals surface area contributed by atoms with Gasteiger partial charge in [-0.1, -0.05) is 37.6 Å². The van der Waals surface area contributed by atoms with Gasteiger partial charge in [0.25, 0.3) is 0 Å². The lowest BCUT2D eigenvalue weighted by Crippen LogP contribution is -2.40. The molecule has 0 bridgehead atoms. The summed E-state index contributed by atoms with van der Waals surface area (Å²) in [6.07, 6.45) is 3.14. The highest BCUT2D eigenvalue weighted by molar-refractivity contribution is 7.12. The predicted octanol–water partition coefficient (Wildman–Crippen LogP) is 4.42. The molecule has 108 valence electrons. The van der Waals surface area contributed by atoms with Crippen LogP contribution >= 0.6 is 11.3 Å². The van der Waals surface area contributed by atoms with E-state index < -0.39 is 0 Å². The van der Waals surface area contributed by atoms with Crippen LogP contribution in [-0.4, -0.2) is 16.9 Å². The van der Waals surface area contributed by atoms with Crippen LogP contribution in [0.5, 0.6) is 5.75 Å². The first kappa shape index (κ1) is 12.9. The lowest BCUT2D eigenvalue weighted by molar-refractivity contribution is -0.0223. The van der Waals surface area contributed by atoms with Crippen molar-refractivity contribution in [1.29, 1.82) is 0 Å². The molecule has 1 aromatic carbocycles. The molecule has 0 saturated heterocycles. The molecule has 1 aromatic heterocycles. The Labute approximate surface area is 128 Å². The third kappa shape index (κ3) is 2.14. The van der Waals surface area contributed by atoms with Gasteiger partial charge in [0, 0.05) is 18.4 Å². The average molecular weight is 298 g/mol. The topological polar surface area (TPSA) is 24.8 Å². The zero-order valence-corrected chi connectivity index (χ0v) is 12.8. The second kappa shape index (κ2) is 5.19. The smallest absolute Gasteiger partial charge is 0.187 e. The molecule has 2 aromatic rings. The minimum atomic E-state index is 0.0624. The Bertz CT molecular complexity index is 665. The molecular formula is C17H18N2OS. The normalized spacial score (nSPS) is 23.3. The van der Waals surface area contributed by atoms with Crippen molar-refractivity contribution >= 4 is 17.0 Å². The second-order valence-electron chi connectivity index (χ2n) is 5.52. The van der Waals surface area contributed by atoms with Crippen molar-refractivity contribution < 1.29 is 4.74 Å². The number of nitrogens with zero attached hydrogens (tertiary/aromatic N) is 2. The fraction of sp³-hybridized carbons (Fsp3) is 0.353. The molecule has 4 heteroatoms. The van der Waals surface area contributed by atoms with Gasteiger partial charge in [-0.2, -0.15) is 5.10 Å². The van der Waals surface area contributed by atoms with Crippen LogP contribution < -0.4 is 4.74 Å². The van der Waals surface area contributed by atoms with E-state index in [1.807, 2.05) is 6.07 Å². The number of hydrogen-bond donors (Lipinski definition) is 0. The lowest BCUT2D eigenvalue weighted by Gasteiger charge is -2.38. The van der Waals surface area contributed by atoms with E-state index >= 15 is 0 Å². The summed E-state index contributed by atoms with van der Waals surface area (Å²) in [7, 11) is 0. The van der Waals surface area contributed by atoms with Gasteiger partial charge in [-0.25, -0.2) is 0 Å². The molecule has 3 nitrogen and oxygen atoms in total. The Hall–Kier alpha value is -1.81. The van der Waals surface area contributed by atoms with E-state index in [0.29, 0.717) is 6.04 Å². The number of hydrazone groups is 1. The van der Waals surface area contributed by atoms with Crippen molar-refractivity contribution in [2.24, 2.45) is 5.10 Å². The summed E-state index contributed by atoms with van der Waals surface area (Å²) in [5, 5.41) is 9.18. The Kier molecular flexibility index (Phi) is 3.19. The minimum absolute atomic E-state index is 0.0624. The van der Waals surface area contributed by atoms with Crippen molar-refractivity contribution in [1.82, 2.24) is 5.01 Å². The monoisotopic (exact) mass is 298 g/mol. The molecule has 0 spiro atoms. The van der Waals surface area contributed by atoms with E-state index in [9.17, 15) is 0 Å². The minimum Gasteiger partial charge on any atom is -0.469 e. The van der Waals surface area contributed by atoms with Crippen LogP contribution in [0.15, 0.2) is 46.9 Å². The van der Waals surface area contributed by atoms with Gasteiger partial charge in [0.05, 0.1) is 16.6 Å². The van der Waals surface area contributed by atoms with Crippen molar-refractivity contribution in [3.05, 3.63) is 52.2 Å². The van der Waals surface area contributed by atoms with Crippen molar-refractivity contribution in [2.75, 3.05) is 0 Å². The Morgan fingerprint density at radius 2 is 2.19 bits per heavy atom. The van der Waals surface area contributed by atoms with Gasteiger partial charge in [0.15, 0.2) is 6.23 Å². The highest BCUT2D eigenvalue weighted by Crippen LogP contribution is 2.43. The zero-order chi connectivity index (χ0) is 14.2. The average Bonchev–Trinajstić information content (AvgIpc) is 3.17. The number of thiophene rings is 1. The molecule has 4 rings (SSSR count). The standard InChI is InChI=1S/C17H18N2OS/c1-2-6-17-19-14(12-7-3-4-8-15(12)20-17)11-13(18-19)16-9-5-10-21-16/h3-5,7-10,14,17H,2,6,11H2,1H3/t14-,17-/m0/s1. The molecule has 0 radical (unpaired) electrons. The van der Waals surface area contributed by atoms with Gasteiger partial charge >= 0.3 is 0 Å². The van der Waals surface area contributed by atoms with Gasteiger partial charge < -0.3 is 4.74 Å². The van der Waals surface area contributed by atoms with Gasteiger partial charge in [0.1, 0.15) is 5.75 Å². The SMILES string of the molecule is CCC[C@@H]1Oc2ccccc2[C@@H]2CC(c3cccs3)=NN12. The molecule has 2 aliphatic heterocycles. The first-order chi connectivity index (χ1) is 10.4. The molecule has 0 N–H and O–H groups in total. The van der Waals surface area contributed by atoms with Crippen LogP contribution in [0.2, 0.25) is 0 Å². The van der Waals surface area contributed by atoms with E-state index in [1.54, 1.807) is 11.3 Å². The summed E-state index contributed by atoms with van der Waals surface area (Å²) < 4.78 is 6.17. The summed E-state index contributed by atoms with van der Waals surface area (Å²) in [5.41, 5.74) is 2.46. The van der Waals surface area contributed by atoms with Gasteiger partial charge in [0.2, 0.25) is 0 Å². The van der Waals surface area contributed by atoms with Gasteiger partial charge in [-0.05, 0) is 17.5 Å². The number of benzene rings is 1. The first-order valence-electron chi connectivity index (χ1n) is 7.52. The number of ether oxygens (including phenoxy) is 1. The molecule has 0 unspecified atom stereocenters. The second-order valence-corrected chi connectivity index (χ2v) is 6.47. The molecule has 2 atom stereocenters. The molecular weight excluding hydrogens is 280 g/mol. The lowest BCUT2D eigenvalue weighted by atomic mass is 9.98. The van der Waals surface area contributed by atoms with Gasteiger partial charge in [-0.15, -0.1) is 11.3 Å². The largest absolute Gasteiger partial charge is 0.469 e. The summed E-state index contributed by atoms with van der Waals surface area (Å²) in [5.74, 6) is 1.03. The maximum atomic E-state index is 6.17. The Morgan fingerprint density at radius 3 is 3.00 bits per heavy atom. The van der Waals surface area contributed by atoms with Gasteiger partial charge in [-0.3, -0.25) is 5.01 Å². The van der Waals surface area contributed by atoms with Crippen molar-refractivity contribution in [2.45, 2.75) is 38.5 Å². The molecule has 2 aliphatic rings. The van der Waals surface area contributed by atoms with E-state index in [2.05, 4.69) is 47.6 Å². The Balaban J connectivity index is 1.73. The van der Waals surface area contributed by atoms with Crippen LogP contribution in [-0.2, 0) is 0 Å². The quantitative estimate of drug-likeness (QED) is 0.838. The molecule has 3 heterocycles. The fourth-order valence-corrected chi connectivity index (χ4v) is 3.86. The van der Waals surface area contributed by atoms with Crippen molar-refractivity contribution in [3.63, 3.8) is 0 Å². The Morgan fingerprint density at radius 1 is 1.29 bits per heavy atom. The van der Waals surface area contributed by atoms with Crippen LogP contribution in [0, 0.1) is 0 Å². The predicted molar refractivity (Wildman–Crippen MR) is 85.8 cm³/mol. The van der Waals surface area contributed by atoms with E-state index in [4.69, 9.17) is 9.84 Å². The number of para-hydroxylation sites is 1. The molecule has 0 aliphatic carbocycles. The van der Waals surface area contributed by atoms with Crippen LogP contribution in [0.4, 0.5) is 0 Å². The van der Waals surface area contributed by atoms with Crippen LogP contribution in [0.25, 0.3) is 0 Å². The highest BCUT2D eigenvalue weighted by Gasteiger charge is 2.39. The molecule has 0 fully saturated rings. The maximum absolute atomic E-state index is 6.17. The molecule has 0 saturated carbocycles. The third-order valence-electron chi connectivity index (χ3n) is 4.12. The number of rotatable bonds is 3.